The molecule has 4 nitrogen and oxygen atoms in total. The molecule has 1 aromatic carbocycles. The molecular weight excluding hydrogens is 400 g/mol. The highest BCUT2D eigenvalue weighted by Gasteiger charge is 2.34. The van der Waals surface area contributed by atoms with Crippen LogP contribution in [0, 0.1) is 18.7 Å². The number of hydrogen-bond acceptors (Lipinski definition) is 3. The lowest BCUT2D eigenvalue weighted by molar-refractivity contribution is -0.123. The molecule has 0 aromatic heterocycles. The highest BCUT2D eigenvalue weighted by atomic mass is 35.5. The molecule has 3 atom stereocenters. The minimum Gasteiger partial charge on any atom is -0.369 e. The Kier molecular flexibility index (Phi) is 8.41. The van der Waals surface area contributed by atoms with Crippen molar-refractivity contribution in [3.05, 3.63) is 29.6 Å². The fourth-order valence-electron chi connectivity index (χ4n) is 5.18. The fraction of sp³-hybridized carbons (Fsp3) is 0.667. The molecule has 3 fully saturated rings. The van der Waals surface area contributed by atoms with Crippen LogP contribution in [0.3, 0.4) is 0 Å². The third kappa shape index (κ3) is 5.52. The first-order chi connectivity index (χ1) is 12.6. The predicted octanol–water partition coefficient (Wildman–Crippen LogP) is 3.98. The molecule has 0 radical (unpaired) electrons. The van der Waals surface area contributed by atoms with E-state index in [1.165, 1.54) is 18.9 Å². The summed E-state index contributed by atoms with van der Waals surface area (Å²) in [6.07, 6.45) is 7.60. The van der Waals surface area contributed by atoms with Crippen LogP contribution in [0.25, 0.3) is 0 Å². The van der Waals surface area contributed by atoms with Crippen LogP contribution in [0.2, 0.25) is 0 Å². The largest absolute Gasteiger partial charge is 0.369 e. The molecule has 0 saturated carbocycles. The van der Waals surface area contributed by atoms with Gasteiger partial charge < -0.3 is 15.5 Å². The van der Waals surface area contributed by atoms with Crippen LogP contribution >= 0.6 is 24.8 Å². The van der Waals surface area contributed by atoms with Gasteiger partial charge in [0, 0.05) is 43.3 Å². The van der Waals surface area contributed by atoms with Gasteiger partial charge >= 0.3 is 0 Å². The third-order valence-corrected chi connectivity index (χ3v) is 6.33. The molecule has 2 N–H and O–H groups in total. The van der Waals surface area contributed by atoms with Gasteiger partial charge in [0.05, 0.1) is 0 Å². The van der Waals surface area contributed by atoms with E-state index in [-0.39, 0.29) is 42.6 Å². The second-order valence-corrected chi connectivity index (χ2v) is 8.46. The number of aryl methyl sites for hydroxylation is 1. The molecule has 4 rings (SSSR count). The molecular formula is C21H32Cl2FN3O. The number of hydrogen-bond donors (Lipinski definition) is 2. The topological polar surface area (TPSA) is 44.4 Å². The van der Waals surface area contributed by atoms with Gasteiger partial charge in [0.1, 0.15) is 5.82 Å². The van der Waals surface area contributed by atoms with Gasteiger partial charge in [0.25, 0.3) is 0 Å². The maximum Gasteiger partial charge on any atom is 0.220 e. The number of piperidine rings is 2. The highest BCUT2D eigenvalue weighted by molar-refractivity contribution is 5.85. The molecule has 158 valence electrons. The first-order valence-electron chi connectivity index (χ1n) is 10.1. The molecule has 0 aliphatic carbocycles. The highest BCUT2D eigenvalue weighted by Crippen LogP contribution is 2.32. The Morgan fingerprint density at radius 1 is 1.21 bits per heavy atom. The lowest BCUT2D eigenvalue weighted by atomic mass is 9.89. The van der Waals surface area contributed by atoms with Gasteiger partial charge in [-0.3, -0.25) is 4.79 Å². The number of anilines is 1. The zero-order valence-corrected chi connectivity index (χ0v) is 18.1. The van der Waals surface area contributed by atoms with Crippen molar-refractivity contribution in [2.75, 3.05) is 18.0 Å². The van der Waals surface area contributed by atoms with Gasteiger partial charge in [-0.05, 0) is 75.1 Å². The van der Waals surface area contributed by atoms with Gasteiger partial charge in [-0.25, -0.2) is 4.39 Å². The molecule has 1 amide bonds. The number of amides is 1. The lowest BCUT2D eigenvalue weighted by Crippen LogP contribution is -2.48. The van der Waals surface area contributed by atoms with E-state index >= 15 is 0 Å². The average Bonchev–Trinajstić information content (AvgIpc) is 2.93. The normalized spacial score (nSPS) is 28.9. The van der Waals surface area contributed by atoms with E-state index in [1.54, 1.807) is 6.07 Å². The van der Waals surface area contributed by atoms with Crippen LogP contribution in [0.4, 0.5) is 10.1 Å². The van der Waals surface area contributed by atoms with E-state index in [4.69, 9.17) is 0 Å². The molecule has 7 heteroatoms. The van der Waals surface area contributed by atoms with Crippen molar-refractivity contribution in [1.82, 2.24) is 10.6 Å². The van der Waals surface area contributed by atoms with E-state index in [0.717, 1.165) is 50.0 Å². The summed E-state index contributed by atoms with van der Waals surface area (Å²) in [4.78, 5) is 14.9. The monoisotopic (exact) mass is 431 g/mol. The van der Waals surface area contributed by atoms with Gasteiger partial charge in [-0.1, -0.05) is 0 Å². The maximum absolute atomic E-state index is 13.4. The van der Waals surface area contributed by atoms with Crippen molar-refractivity contribution >= 4 is 36.4 Å². The summed E-state index contributed by atoms with van der Waals surface area (Å²) in [5, 5.41) is 6.91. The molecule has 3 heterocycles. The molecule has 3 aliphatic rings. The third-order valence-electron chi connectivity index (χ3n) is 6.33. The van der Waals surface area contributed by atoms with Crippen LogP contribution < -0.4 is 15.5 Å². The Bertz CT molecular complexity index is 663. The number of nitrogens with zero attached hydrogens (tertiary/aromatic N) is 1. The fourth-order valence-corrected chi connectivity index (χ4v) is 5.18. The zero-order chi connectivity index (χ0) is 18.1. The first kappa shape index (κ1) is 23.2. The minimum atomic E-state index is -0.191. The van der Waals surface area contributed by atoms with Crippen molar-refractivity contribution in [2.45, 2.75) is 70.0 Å². The van der Waals surface area contributed by atoms with Crippen molar-refractivity contribution in [3.8, 4) is 0 Å². The number of carbonyl (C=O) groups is 1. The Balaban J connectivity index is 0.00000140. The second-order valence-electron chi connectivity index (χ2n) is 8.46. The maximum atomic E-state index is 13.4. The molecule has 0 spiro atoms. The van der Waals surface area contributed by atoms with Crippen LogP contribution in [-0.2, 0) is 4.79 Å². The Morgan fingerprint density at radius 3 is 2.61 bits per heavy atom. The number of benzene rings is 1. The van der Waals surface area contributed by atoms with E-state index in [1.807, 2.05) is 13.0 Å². The zero-order valence-electron chi connectivity index (χ0n) is 16.5. The van der Waals surface area contributed by atoms with Crippen LogP contribution in [0.15, 0.2) is 18.2 Å². The summed E-state index contributed by atoms with van der Waals surface area (Å²) in [6, 6.07) is 6.44. The molecule has 1 aromatic rings. The van der Waals surface area contributed by atoms with Crippen molar-refractivity contribution in [1.29, 1.82) is 0 Å². The van der Waals surface area contributed by atoms with Gasteiger partial charge in [0.15, 0.2) is 0 Å². The number of fused-ring (bicyclic) bond motifs is 2. The number of halogens is 3. The summed E-state index contributed by atoms with van der Waals surface area (Å²) in [7, 11) is 0. The molecule has 3 unspecified atom stereocenters. The molecule has 3 aliphatic heterocycles. The first-order valence-corrected chi connectivity index (χ1v) is 10.1. The number of carbonyl (C=O) groups excluding carboxylic acids is 1. The van der Waals surface area contributed by atoms with Crippen LogP contribution in [-0.4, -0.2) is 37.1 Å². The number of nitrogens with one attached hydrogen (secondary N) is 2. The van der Waals surface area contributed by atoms with E-state index in [0.29, 0.717) is 24.4 Å². The predicted molar refractivity (Wildman–Crippen MR) is 116 cm³/mol. The van der Waals surface area contributed by atoms with Gasteiger partial charge in [-0.2, -0.15) is 0 Å². The second kappa shape index (κ2) is 10.1. The van der Waals surface area contributed by atoms with Crippen molar-refractivity contribution in [3.63, 3.8) is 0 Å². The summed E-state index contributed by atoms with van der Waals surface area (Å²) in [5.41, 5.74) is 2.04. The van der Waals surface area contributed by atoms with Gasteiger partial charge in [-0.15, -0.1) is 24.8 Å². The summed E-state index contributed by atoms with van der Waals surface area (Å²) < 4.78 is 13.4. The van der Waals surface area contributed by atoms with Crippen molar-refractivity contribution < 1.29 is 9.18 Å². The standard InChI is InChI=1S/C21H30FN3O.2ClH/c1-14-9-16(22)4-7-20(14)25-8-2-3-19(13-25)24-21(26)12-15-10-17-5-6-18(11-15)23-17;;/h4,7,9,15,17-19,23H,2-3,5-6,8,10-13H2,1H3,(H,24,26);2*1H. The summed E-state index contributed by atoms with van der Waals surface area (Å²) >= 11 is 0. The SMILES string of the molecule is Cc1cc(F)ccc1N1CCCC(NC(=O)CC2CC3CCC(C2)N3)C1.Cl.Cl. The Morgan fingerprint density at radius 2 is 1.93 bits per heavy atom. The van der Waals surface area contributed by atoms with E-state index in [2.05, 4.69) is 15.5 Å². The Labute approximate surface area is 179 Å². The van der Waals surface area contributed by atoms with Crippen molar-refractivity contribution in [2.24, 2.45) is 5.92 Å². The minimum absolute atomic E-state index is 0. The van der Waals surface area contributed by atoms with Gasteiger partial charge in [0.2, 0.25) is 5.91 Å². The summed E-state index contributed by atoms with van der Waals surface area (Å²) in [6.45, 7) is 3.73. The number of rotatable bonds is 4. The smallest absolute Gasteiger partial charge is 0.220 e. The summed E-state index contributed by atoms with van der Waals surface area (Å²) in [5.74, 6) is 0.552. The molecule has 2 bridgehead atoms. The van der Waals surface area contributed by atoms with Crippen LogP contribution in [0.5, 0.6) is 0 Å². The molecule has 28 heavy (non-hydrogen) atoms. The van der Waals surface area contributed by atoms with E-state index in [9.17, 15) is 9.18 Å². The molecule has 3 saturated heterocycles. The average molecular weight is 432 g/mol. The Hall–Kier alpha value is -1.04. The van der Waals surface area contributed by atoms with E-state index < -0.39 is 0 Å². The van der Waals surface area contributed by atoms with Crippen LogP contribution in [0.1, 0.15) is 50.5 Å². The lowest BCUT2D eigenvalue weighted by Gasteiger charge is -2.36. The quantitative estimate of drug-likeness (QED) is 0.757.